The molecule has 0 spiro atoms. The van der Waals surface area contributed by atoms with Crippen molar-refractivity contribution < 1.29 is 9.53 Å². The standard InChI is InChI=1S/C14H16N2O2S/c1-16(9-11-6-4-3-5-7-11)14-15-12(10-19-14)8-13(17)18-2/h3-7,10H,8-9H2,1-2H3. The Morgan fingerprint density at radius 2 is 2.11 bits per heavy atom. The summed E-state index contributed by atoms with van der Waals surface area (Å²) in [7, 11) is 3.38. The summed E-state index contributed by atoms with van der Waals surface area (Å²) in [6.45, 7) is 0.798. The Balaban J connectivity index is 2.00. The van der Waals surface area contributed by atoms with E-state index in [1.807, 2.05) is 30.6 Å². The van der Waals surface area contributed by atoms with E-state index in [1.54, 1.807) is 0 Å². The van der Waals surface area contributed by atoms with Gasteiger partial charge in [0, 0.05) is 19.0 Å². The third kappa shape index (κ3) is 3.79. The molecule has 0 fully saturated rings. The Morgan fingerprint density at radius 3 is 2.79 bits per heavy atom. The Hall–Kier alpha value is -1.88. The van der Waals surface area contributed by atoms with Gasteiger partial charge in [-0.1, -0.05) is 30.3 Å². The molecule has 100 valence electrons. The number of rotatable bonds is 5. The first-order chi connectivity index (χ1) is 9.19. The van der Waals surface area contributed by atoms with Crippen LogP contribution in [0.25, 0.3) is 0 Å². The fourth-order valence-corrected chi connectivity index (χ4v) is 2.49. The molecule has 0 N–H and O–H groups in total. The van der Waals surface area contributed by atoms with Gasteiger partial charge >= 0.3 is 5.97 Å². The van der Waals surface area contributed by atoms with Gasteiger partial charge < -0.3 is 9.64 Å². The fourth-order valence-electron chi connectivity index (χ4n) is 1.70. The lowest BCUT2D eigenvalue weighted by molar-refractivity contribution is -0.139. The summed E-state index contributed by atoms with van der Waals surface area (Å²) in [4.78, 5) is 17.7. The zero-order chi connectivity index (χ0) is 13.7. The number of anilines is 1. The number of ether oxygens (including phenoxy) is 1. The fraction of sp³-hybridized carbons (Fsp3) is 0.286. The van der Waals surface area contributed by atoms with Crippen LogP contribution in [-0.2, 0) is 22.5 Å². The van der Waals surface area contributed by atoms with Crippen molar-refractivity contribution in [1.29, 1.82) is 0 Å². The minimum absolute atomic E-state index is 0.228. The zero-order valence-corrected chi connectivity index (χ0v) is 11.8. The summed E-state index contributed by atoms with van der Waals surface area (Å²) in [5.74, 6) is -0.262. The molecule has 1 aromatic heterocycles. The van der Waals surface area contributed by atoms with Gasteiger partial charge in [0.1, 0.15) is 0 Å². The van der Waals surface area contributed by atoms with E-state index in [0.717, 1.165) is 17.4 Å². The Bertz CT molecular complexity index is 539. The molecule has 0 radical (unpaired) electrons. The van der Waals surface area contributed by atoms with Gasteiger partial charge in [-0.15, -0.1) is 11.3 Å². The first kappa shape index (κ1) is 13.5. The van der Waals surface area contributed by atoms with E-state index in [0.29, 0.717) is 0 Å². The average Bonchev–Trinajstić information content (AvgIpc) is 2.88. The lowest BCUT2D eigenvalue weighted by Gasteiger charge is -2.15. The Labute approximate surface area is 116 Å². The minimum Gasteiger partial charge on any atom is -0.469 e. The van der Waals surface area contributed by atoms with Crippen LogP contribution in [0.3, 0.4) is 0 Å². The number of benzene rings is 1. The number of aromatic nitrogens is 1. The third-order valence-corrected chi connectivity index (χ3v) is 3.69. The quantitative estimate of drug-likeness (QED) is 0.787. The van der Waals surface area contributed by atoms with Crippen LogP contribution >= 0.6 is 11.3 Å². The van der Waals surface area contributed by atoms with Crippen molar-refractivity contribution >= 4 is 22.4 Å². The number of esters is 1. The molecule has 0 saturated carbocycles. The van der Waals surface area contributed by atoms with Gasteiger partial charge in [-0.25, -0.2) is 4.98 Å². The molecule has 4 nitrogen and oxygen atoms in total. The molecule has 0 amide bonds. The predicted molar refractivity (Wildman–Crippen MR) is 76.4 cm³/mol. The van der Waals surface area contributed by atoms with Crippen molar-refractivity contribution in [2.45, 2.75) is 13.0 Å². The summed E-state index contributed by atoms with van der Waals surface area (Å²) in [6.07, 6.45) is 0.228. The number of carbonyl (C=O) groups is 1. The molecule has 5 heteroatoms. The van der Waals surface area contributed by atoms with Crippen LogP contribution in [0.1, 0.15) is 11.3 Å². The van der Waals surface area contributed by atoms with Crippen LogP contribution in [0, 0.1) is 0 Å². The maximum absolute atomic E-state index is 11.2. The Kier molecular flexibility index (Phi) is 4.52. The smallest absolute Gasteiger partial charge is 0.311 e. The lowest BCUT2D eigenvalue weighted by atomic mass is 10.2. The summed E-state index contributed by atoms with van der Waals surface area (Å²) in [5.41, 5.74) is 1.99. The van der Waals surface area contributed by atoms with E-state index in [2.05, 4.69) is 26.8 Å². The van der Waals surface area contributed by atoms with Gasteiger partial charge in [-0.2, -0.15) is 0 Å². The van der Waals surface area contributed by atoms with Crippen molar-refractivity contribution in [3.8, 4) is 0 Å². The second-order valence-electron chi connectivity index (χ2n) is 4.22. The van der Waals surface area contributed by atoms with Crippen LogP contribution in [-0.4, -0.2) is 25.1 Å². The van der Waals surface area contributed by atoms with Gasteiger partial charge in [0.25, 0.3) is 0 Å². The zero-order valence-electron chi connectivity index (χ0n) is 11.0. The maximum Gasteiger partial charge on any atom is 0.311 e. The van der Waals surface area contributed by atoms with Crippen molar-refractivity contribution in [3.05, 3.63) is 47.0 Å². The number of carbonyl (C=O) groups excluding carboxylic acids is 1. The predicted octanol–water partition coefficient (Wildman–Crippen LogP) is 2.50. The Morgan fingerprint density at radius 1 is 1.37 bits per heavy atom. The molecule has 1 aromatic carbocycles. The molecule has 0 unspecified atom stereocenters. The topological polar surface area (TPSA) is 42.4 Å². The van der Waals surface area contributed by atoms with E-state index >= 15 is 0 Å². The summed E-state index contributed by atoms with van der Waals surface area (Å²) in [5, 5.41) is 2.80. The lowest BCUT2D eigenvalue weighted by Crippen LogP contribution is -2.16. The van der Waals surface area contributed by atoms with E-state index in [1.165, 1.54) is 24.0 Å². The average molecular weight is 276 g/mol. The second-order valence-corrected chi connectivity index (χ2v) is 5.05. The molecule has 2 rings (SSSR count). The van der Waals surface area contributed by atoms with E-state index in [4.69, 9.17) is 0 Å². The molecule has 0 bridgehead atoms. The summed E-state index contributed by atoms with van der Waals surface area (Å²) < 4.78 is 4.63. The summed E-state index contributed by atoms with van der Waals surface area (Å²) in [6, 6.07) is 10.2. The van der Waals surface area contributed by atoms with E-state index in [9.17, 15) is 4.79 Å². The highest BCUT2D eigenvalue weighted by molar-refractivity contribution is 7.13. The number of methoxy groups -OCH3 is 1. The molecule has 0 saturated heterocycles. The van der Waals surface area contributed by atoms with Gasteiger partial charge in [0.15, 0.2) is 5.13 Å². The molecular weight excluding hydrogens is 260 g/mol. The molecule has 19 heavy (non-hydrogen) atoms. The van der Waals surface area contributed by atoms with Crippen molar-refractivity contribution in [2.24, 2.45) is 0 Å². The van der Waals surface area contributed by atoms with Crippen molar-refractivity contribution in [1.82, 2.24) is 4.98 Å². The molecule has 2 aromatic rings. The van der Waals surface area contributed by atoms with Gasteiger partial charge in [0.2, 0.25) is 0 Å². The number of thiazole rings is 1. The normalized spacial score (nSPS) is 10.2. The molecule has 0 aliphatic carbocycles. The van der Waals surface area contributed by atoms with Crippen LogP contribution in [0.2, 0.25) is 0 Å². The monoisotopic (exact) mass is 276 g/mol. The SMILES string of the molecule is COC(=O)Cc1csc(N(C)Cc2ccccc2)n1. The van der Waals surface area contributed by atoms with Crippen LogP contribution in [0.5, 0.6) is 0 Å². The number of nitrogens with zero attached hydrogens (tertiary/aromatic N) is 2. The number of hydrogen-bond acceptors (Lipinski definition) is 5. The van der Waals surface area contributed by atoms with E-state index < -0.39 is 0 Å². The summed E-state index contributed by atoms with van der Waals surface area (Å²) >= 11 is 1.54. The first-order valence-corrected chi connectivity index (χ1v) is 6.83. The van der Waals surface area contributed by atoms with Crippen molar-refractivity contribution in [2.75, 3.05) is 19.1 Å². The third-order valence-electron chi connectivity index (χ3n) is 2.68. The number of hydrogen-bond donors (Lipinski definition) is 0. The molecule has 1 heterocycles. The first-order valence-electron chi connectivity index (χ1n) is 5.95. The van der Waals surface area contributed by atoms with Crippen LogP contribution < -0.4 is 4.90 Å². The molecular formula is C14H16N2O2S. The second kappa shape index (κ2) is 6.33. The van der Waals surface area contributed by atoms with Crippen molar-refractivity contribution in [3.63, 3.8) is 0 Å². The highest BCUT2D eigenvalue weighted by Gasteiger charge is 2.10. The highest BCUT2D eigenvalue weighted by Crippen LogP contribution is 2.21. The highest BCUT2D eigenvalue weighted by atomic mass is 32.1. The minimum atomic E-state index is -0.262. The van der Waals surface area contributed by atoms with Gasteiger partial charge in [-0.05, 0) is 5.56 Å². The molecule has 0 atom stereocenters. The largest absolute Gasteiger partial charge is 0.469 e. The van der Waals surface area contributed by atoms with Crippen LogP contribution in [0.4, 0.5) is 5.13 Å². The molecule has 0 aliphatic heterocycles. The molecule has 0 aliphatic rings. The van der Waals surface area contributed by atoms with Gasteiger partial charge in [-0.3, -0.25) is 4.79 Å². The van der Waals surface area contributed by atoms with Gasteiger partial charge in [0.05, 0.1) is 19.2 Å². The van der Waals surface area contributed by atoms with E-state index in [-0.39, 0.29) is 12.4 Å². The van der Waals surface area contributed by atoms with Crippen LogP contribution in [0.15, 0.2) is 35.7 Å². The maximum atomic E-state index is 11.2.